The van der Waals surface area contributed by atoms with Crippen LogP contribution < -0.4 is 5.32 Å². The van der Waals surface area contributed by atoms with Gasteiger partial charge in [0.05, 0.1) is 0 Å². The maximum absolute atomic E-state index is 12.3. The molecule has 0 aromatic heterocycles. The molecule has 0 atom stereocenters. The van der Waals surface area contributed by atoms with Crippen molar-refractivity contribution in [2.24, 2.45) is 10.8 Å². The smallest absolute Gasteiger partial charge is 0.410 e. The first-order chi connectivity index (χ1) is 14.1. The van der Waals surface area contributed by atoms with Crippen molar-refractivity contribution in [3.63, 3.8) is 0 Å². The summed E-state index contributed by atoms with van der Waals surface area (Å²) in [6.45, 7) is 11.2. The van der Waals surface area contributed by atoms with Crippen LogP contribution in [0, 0.1) is 10.8 Å². The molecule has 6 heteroatoms. The molecule has 6 rings (SSSR count). The molecule has 2 aliphatic heterocycles. The molecular weight excluding hydrogens is 364 g/mol. The van der Waals surface area contributed by atoms with E-state index in [2.05, 4.69) is 15.1 Å². The molecule has 5 aliphatic rings. The highest BCUT2D eigenvalue weighted by molar-refractivity contribution is 5.67. The maximum Gasteiger partial charge on any atom is 0.410 e. The summed E-state index contributed by atoms with van der Waals surface area (Å²) in [5.41, 5.74) is 2.27. The third-order valence-electron chi connectivity index (χ3n) is 7.41. The summed E-state index contributed by atoms with van der Waals surface area (Å²) in [7, 11) is 0. The first-order valence-electron chi connectivity index (χ1n) is 11.3. The lowest BCUT2D eigenvalue weighted by Crippen LogP contribution is -2.70. The first kappa shape index (κ1) is 19.3. The Hall–Kier alpha value is -1.63. The lowest BCUT2D eigenvalue weighted by atomic mass is 9.35. The third-order valence-corrected chi connectivity index (χ3v) is 7.41. The number of carbonyl (C=O) groups excluding carboxylic acids is 1. The summed E-state index contributed by atoms with van der Waals surface area (Å²) in [5.74, 6) is 0. The number of benzene rings is 1. The number of nitrogens with one attached hydrogen (secondary N) is 1. The van der Waals surface area contributed by atoms with Gasteiger partial charge in [-0.25, -0.2) is 4.79 Å². The van der Waals surface area contributed by atoms with Crippen LogP contribution in [-0.2, 0) is 11.3 Å². The Labute approximate surface area is 174 Å². The van der Waals surface area contributed by atoms with Crippen molar-refractivity contribution in [1.29, 1.82) is 0 Å². The quantitative estimate of drug-likeness (QED) is 0.795. The number of hydrogen-bond donors (Lipinski definition) is 1. The number of ether oxygens (including phenoxy) is 1. The molecule has 2 heterocycles. The molecule has 29 heavy (non-hydrogen) atoms. The van der Waals surface area contributed by atoms with Crippen LogP contribution >= 0.6 is 0 Å². The zero-order valence-corrected chi connectivity index (χ0v) is 17.4. The summed E-state index contributed by atoms with van der Waals surface area (Å²) in [6.07, 6.45) is 4.09. The monoisotopic (exact) mass is 398 g/mol. The van der Waals surface area contributed by atoms with Crippen LogP contribution in [0.5, 0.6) is 0 Å². The SMILES string of the molecule is O=C(OCc1ccccc1)N1CCN(CC23CC(CN4CCNCC4)(C2)C3)CC1. The van der Waals surface area contributed by atoms with Crippen molar-refractivity contribution < 1.29 is 9.53 Å². The van der Waals surface area contributed by atoms with E-state index in [9.17, 15) is 4.79 Å². The molecule has 3 aliphatic carbocycles. The molecule has 1 N–H and O–H groups in total. The topological polar surface area (TPSA) is 48.1 Å². The number of nitrogens with zero attached hydrogens (tertiary/aromatic N) is 3. The fourth-order valence-electron chi connectivity index (χ4n) is 6.28. The average molecular weight is 399 g/mol. The predicted molar refractivity (Wildman–Crippen MR) is 113 cm³/mol. The van der Waals surface area contributed by atoms with E-state index >= 15 is 0 Å². The summed E-state index contributed by atoms with van der Waals surface area (Å²) < 4.78 is 5.49. The first-order valence-corrected chi connectivity index (χ1v) is 11.3. The van der Waals surface area contributed by atoms with Gasteiger partial charge in [-0.3, -0.25) is 4.90 Å². The van der Waals surface area contributed by atoms with Crippen molar-refractivity contribution in [1.82, 2.24) is 20.0 Å². The molecule has 0 unspecified atom stereocenters. The molecule has 3 saturated carbocycles. The average Bonchev–Trinajstić information content (AvgIpc) is 2.71. The van der Waals surface area contributed by atoms with Crippen molar-refractivity contribution in [2.75, 3.05) is 65.4 Å². The lowest BCUT2D eigenvalue weighted by molar-refractivity contribution is -0.223. The Kier molecular flexibility index (Phi) is 5.26. The summed E-state index contributed by atoms with van der Waals surface area (Å²) in [5, 5.41) is 3.45. The van der Waals surface area contributed by atoms with E-state index in [0.29, 0.717) is 17.4 Å². The molecule has 1 amide bonds. The van der Waals surface area contributed by atoms with Gasteiger partial charge in [0.2, 0.25) is 0 Å². The van der Waals surface area contributed by atoms with Crippen LogP contribution in [0.3, 0.4) is 0 Å². The minimum absolute atomic E-state index is 0.172. The fraction of sp³-hybridized carbons (Fsp3) is 0.696. The molecule has 158 valence electrons. The second-order valence-electron chi connectivity index (χ2n) is 9.86. The molecule has 5 fully saturated rings. The van der Waals surface area contributed by atoms with E-state index < -0.39 is 0 Å². The molecular formula is C23H34N4O2. The van der Waals surface area contributed by atoms with Gasteiger partial charge >= 0.3 is 6.09 Å². The standard InChI is InChI=1S/C23H34N4O2/c28-21(29-14-20-4-2-1-3-5-20)27-12-10-26(11-13-27)19-23-15-22(16-23,17-23)18-25-8-6-24-7-9-25/h1-5,24H,6-19H2. The van der Waals surface area contributed by atoms with Crippen molar-refractivity contribution in [3.05, 3.63) is 35.9 Å². The second-order valence-corrected chi connectivity index (χ2v) is 9.86. The lowest BCUT2D eigenvalue weighted by Gasteiger charge is -2.73. The molecule has 0 spiro atoms. The second kappa shape index (κ2) is 7.89. The van der Waals surface area contributed by atoms with Gasteiger partial charge in [0.25, 0.3) is 0 Å². The van der Waals surface area contributed by atoms with Gasteiger partial charge in [-0.1, -0.05) is 30.3 Å². The molecule has 6 nitrogen and oxygen atoms in total. The highest BCUT2D eigenvalue weighted by atomic mass is 16.6. The zero-order valence-electron chi connectivity index (χ0n) is 17.4. The largest absolute Gasteiger partial charge is 0.445 e. The number of hydrogen-bond acceptors (Lipinski definition) is 5. The van der Waals surface area contributed by atoms with E-state index in [1.807, 2.05) is 35.2 Å². The molecule has 1 aromatic rings. The van der Waals surface area contributed by atoms with Crippen molar-refractivity contribution in [3.8, 4) is 0 Å². The maximum atomic E-state index is 12.3. The highest BCUT2D eigenvalue weighted by Crippen LogP contribution is 2.73. The molecule has 2 bridgehead atoms. The predicted octanol–water partition coefficient (Wildman–Crippen LogP) is 2.02. The minimum atomic E-state index is -0.172. The van der Waals surface area contributed by atoms with E-state index in [-0.39, 0.29) is 6.09 Å². The Morgan fingerprint density at radius 1 is 0.862 bits per heavy atom. The van der Waals surface area contributed by atoms with Gasteiger partial charge in [0, 0.05) is 65.4 Å². The summed E-state index contributed by atoms with van der Waals surface area (Å²) in [4.78, 5) is 19.5. The van der Waals surface area contributed by atoms with Crippen LogP contribution in [0.1, 0.15) is 24.8 Å². The number of piperazine rings is 2. The number of rotatable bonds is 6. The van der Waals surface area contributed by atoms with Crippen LogP contribution in [0.15, 0.2) is 30.3 Å². The molecule has 0 radical (unpaired) electrons. The van der Waals surface area contributed by atoms with Gasteiger partial charge < -0.3 is 19.9 Å². The van der Waals surface area contributed by atoms with E-state index in [0.717, 1.165) is 44.8 Å². The van der Waals surface area contributed by atoms with Crippen molar-refractivity contribution in [2.45, 2.75) is 25.9 Å². The van der Waals surface area contributed by atoms with Crippen LogP contribution in [0.4, 0.5) is 4.79 Å². The van der Waals surface area contributed by atoms with Crippen LogP contribution in [-0.4, -0.2) is 86.2 Å². The van der Waals surface area contributed by atoms with Gasteiger partial charge in [-0.15, -0.1) is 0 Å². The Morgan fingerprint density at radius 2 is 1.45 bits per heavy atom. The van der Waals surface area contributed by atoms with Gasteiger partial charge in [-0.05, 0) is 35.7 Å². The number of carbonyl (C=O) groups is 1. The van der Waals surface area contributed by atoms with Gasteiger partial charge in [0.1, 0.15) is 6.61 Å². The Morgan fingerprint density at radius 3 is 2.07 bits per heavy atom. The normalized spacial score (nSPS) is 32.3. The number of amides is 1. The Bertz CT molecular complexity index is 691. The van der Waals surface area contributed by atoms with Gasteiger partial charge in [-0.2, -0.15) is 0 Å². The highest BCUT2D eigenvalue weighted by Gasteiger charge is 2.67. The zero-order chi connectivity index (χ0) is 19.7. The minimum Gasteiger partial charge on any atom is -0.445 e. The third kappa shape index (κ3) is 4.16. The molecule has 2 saturated heterocycles. The van der Waals surface area contributed by atoms with E-state index in [1.54, 1.807) is 0 Å². The van der Waals surface area contributed by atoms with E-state index in [4.69, 9.17) is 4.74 Å². The fourth-order valence-corrected chi connectivity index (χ4v) is 6.28. The Balaban J connectivity index is 1.01. The summed E-state index contributed by atoms with van der Waals surface area (Å²) in [6, 6.07) is 9.90. The van der Waals surface area contributed by atoms with Crippen LogP contribution in [0.2, 0.25) is 0 Å². The van der Waals surface area contributed by atoms with E-state index in [1.165, 1.54) is 45.4 Å². The van der Waals surface area contributed by atoms with Gasteiger partial charge in [0.15, 0.2) is 0 Å². The van der Waals surface area contributed by atoms with Crippen LogP contribution in [0.25, 0.3) is 0 Å². The van der Waals surface area contributed by atoms with Crippen molar-refractivity contribution >= 4 is 6.09 Å². The molecule has 1 aromatic carbocycles. The summed E-state index contributed by atoms with van der Waals surface area (Å²) >= 11 is 0.